The Kier molecular flexibility index (Phi) is 6.53. The van der Waals surface area contributed by atoms with Crippen LogP contribution in [0.15, 0.2) is 36.4 Å². The molecule has 0 radical (unpaired) electrons. The largest absolute Gasteiger partial charge is 0.449 e. The van der Waals surface area contributed by atoms with Gasteiger partial charge in [-0.05, 0) is 37.3 Å². The van der Waals surface area contributed by atoms with E-state index in [1.165, 1.54) is 36.1 Å². The number of rotatable bonds is 6. The number of nitro groups is 1. The standard InChI is InChI=1S/C18H17ClFN3O5/c1-10(17(24)21-12-5-6-14(20)13(19)9-12)28-18(25)11-4-7-15(22(2)3)16(8-11)23(26)27/h4-10H,1-3H3,(H,21,24)/t10-/m1/s1. The van der Waals surface area contributed by atoms with E-state index >= 15 is 0 Å². The van der Waals surface area contributed by atoms with Gasteiger partial charge in [-0.25, -0.2) is 9.18 Å². The second-order valence-corrected chi connectivity index (χ2v) is 6.43. The van der Waals surface area contributed by atoms with Crippen LogP contribution in [0.3, 0.4) is 0 Å². The van der Waals surface area contributed by atoms with E-state index in [9.17, 15) is 24.1 Å². The van der Waals surface area contributed by atoms with Crippen molar-refractivity contribution in [2.75, 3.05) is 24.3 Å². The quantitative estimate of drug-likeness (QED) is 0.444. The Morgan fingerprint density at radius 2 is 1.93 bits per heavy atom. The van der Waals surface area contributed by atoms with Crippen LogP contribution in [-0.2, 0) is 9.53 Å². The Labute approximate surface area is 165 Å². The zero-order chi connectivity index (χ0) is 21.0. The van der Waals surface area contributed by atoms with Gasteiger partial charge in [-0.1, -0.05) is 11.6 Å². The van der Waals surface area contributed by atoms with E-state index in [0.29, 0.717) is 5.69 Å². The number of benzene rings is 2. The van der Waals surface area contributed by atoms with Crippen LogP contribution in [0.5, 0.6) is 0 Å². The predicted octanol–water partition coefficient (Wildman–Crippen LogP) is 3.64. The average Bonchev–Trinajstić information content (AvgIpc) is 2.63. The zero-order valence-corrected chi connectivity index (χ0v) is 16.0. The summed E-state index contributed by atoms with van der Waals surface area (Å²) in [6.45, 7) is 1.33. The minimum Gasteiger partial charge on any atom is -0.449 e. The highest BCUT2D eigenvalue weighted by molar-refractivity contribution is 6.31. The van der Waals surface area contributed by atoms with Crippen LogP contribution < -0.4 is 10.2 Å². The molecule has 2 aromatic carbocycles. The highest BCUT2D eigenvalue weighted by atomic mass is 35.5. The normalized spacial score (nSPS) is 11.5. The molecule has 0 saturated heterocycles. The molecule has 0 unspecified atom stereocenters. The lowest BCUT2D eigenvalue weighted by molar-refractivity contribution is -0.384. The summed E-state index contributed by atoms with van der Waals surface area (Å²) in [5.41, 5.74) is 0.213. The fourth-order valence-electron chi connectivity index (χ4n) is 2.27. The van der Waals surface area contributed by atoms with Gasteiger partial charge in [-0.2, -0.15) is 0 Å². The molecule has 0 aliphatic rings. The molecule has 2 aromatic rings. The lowest BCUT2D eigenvalue weighted by Crippen LogP contribution is -2.30. The summed E-state index contributed by atoms with van der Waals surface area (Å²) in [7, 11) is 3.27. The van der Waals surface area contributed by atoms with Crippen molar-refractivity contribution in [2.24, 2.45) is 0 Å². The van der Waals surface area contributed by atoms with Crippen molar-refractivity contribution in [3.63, 3.8) is 0 Å². The summed E-state index contributed by atoms with van der Waals surface area (Å²) in [6.07, 6.45) is -1.20. The Morgan fingerprint density at radius 1 is 1.25 bits per heavy atom. The third kappa shape index (κ3) is 4.95. The number of anilines is 2. The van der Waals surface area contributed by atoms with Crippen molar-refractivity contribution in [3.8, 4) is 0 Å². The molecule has 0 fully saturated rings. The first-order valence-corrected chi connectivity index (χ1v) is 8.40. The highest BCUT2D eigenvalue weighted by Gasteiger charge is 2.23. The number of amides is 1. The lowest BCUT2D eigenvalue weighted by Gasteiger charge is -2.15. The summed E-state index contributed by atoms with van der Waals surface area (Å²) in [4.78, 5) is 36.6. The fourth-order valence-corrected chi connectivity index (χ4v) is 2.46. The molecule has 0 saturated carbocycles. The fraction of sp³-hybridized carbons (Fsp3) is 0.222. The molecule has 1 N–H and O–H groups in total. The van der Waals surface area contributed by atoms with Gasteiger partial charge in [0.1, 0.15) is 11.5 Å². The van der Waals surface area contributed by atoms with Crippen molar-refractivity contribution in [3.05, 3.63) is 62.9 Å². The smallest absolute Gasteiger partial charge is 0.339 e. The first-order chi connectivity index (χ1) is 13.1. The third-order valence-corrected chi connectivity index (χ3v) is 4.02. The van der Waals surface area contributed by atoms with E-state index in [-0.39, 0.29) is 22.0 Å². The maximum Gasteiger partial charge on any atom is 0.339 e. The number of hydrogen-bond donors (Lipinski definition) is 1. The SMILES string of the molecule is C[C@@H](OC(=O)c1ccc(N(C)C)c([N+](=O)[O-])c1)C(=O)Nc1ccc(F)c(Cl)c1. The van der Waals surface area contributed by atoms with Crippen molar-refractivity contribution in [1.82, 2.24) is 0 Å². The van der Waals surface area contributed by atoms with Crippen LogP contribution in [0.4, 0.5) is 21.5 Å². The summed E-state index contributed by atoms with van der Waals surface area (Å²) in [5.74, 6) is -2.20. The number of nitrogens with zero attached hydrogens (tertiary/aromatic N) is 2. The summed E-state index contributed by atoms with van der Waals surface area (Å²) < 4.78 is 18.2. The average molecular weight is 410 g/mol. The number of nitrogens with one attached hydrogen (secondary N) is 1. The van der Waals surface area contributed by atoms with Gasteiger partial charge in [0.15, 0.2) is 6.10 Å². The Hall–Kier alpha value is -3.20. The molecular weight excluding hydrogens is 393 g/mol. The van der Waals surface area contributed by atoms with E-state index in [1.54, 1.807) is 14.1 Å². The Bertz CT molecular complexity index is 935. The van der Waals surface area contributed by atoms with Crippen LogP contribution in [0.2, 0.25) is 5.02 Å². The summed E-state index contributed by atoms with van der Waals surface area (Å²) in [5, 5.41) is 13.5. The van der Waals surface area contributed by atoms with Gasteiger partial charge in [0, 0.05) is 25.8 Å². The monoisotopic (exact) mass is 409 g/mol. The van der Waals surface area contributed by atoms with Crippen molar-refractivity contribution in [1.29, 1.82) is 0 Å². The number of nitro benzene ring substituents is 1. The second-order valence-electron chi connectivity index (χ2n) is 6.02. The van der Waals surface area contributed by atoms with Crippen LogP contribution in [0, 0.1) is 15.9 Å². The molecule has 8 nitrogen and oxygen atoms in total. The van der Waals surface area contributed by atoms with E-state index in [4.69, 9.17) is 16.3 Å². The molecule has 2 rings (SSSR count). The summed E-state index contributed by atoms with van der Waals surface area (Å²) >= 11 is 5.65. The maximum absolute atomic E-state index is 13.2. The molecule has 0 spiro atoms. The van der Waals surface area contributed by atoms with E-state index < -0.39 is 28.7 Å². The minimum absolute atomic E-state index is 0.0678. The first-order valence-electron chi connectivity index (χ1n) is 8.02. The molecule has 0 aliphatic heterocycles. The molecule has 1 amide bonds. The molecule has 0 heterocycles. The Morgan fingerprint density at radius 3 is 2.50 bits per heavy atom. The topological polar surface area (TPSA) is 102 Å². The number of halogens is 2. The van der Waals surface area contributed by atoms with Crippen molar-refractivity contribution in [2.45, 2.75) is 13.0 Å². The third-order valence-electron chi connectivity index (χ3n) is 3.73. The predicted molar refractivity (Wildman–Crippen MR) is 102 cm³/mol. The van der Waals surface area contributed by atoms with Gasteiger partial charge in [0.2, 0.25) is 0 Å². The number of esters is 1. The first kappa shape index (κ1) is 21.1. The molecule has 148 valence electrons. The van der Waals surface area contributed by atoms with Gasteiger partial charge in [-0.3, -0.25) is 14.9 Å². The van der Waals surface area contributed by atoms with Crippen molar-refractivity contribution < 1.29 is 23.6 Å². The maximum atomic E-state index is 13.2. The molecular formula is C18H17ClFN3O5. The minimum atomic E-state index is -1.20. The highest BCUT2D eigenvalue weighted by Crippen LogP contribution is 2.28. The van der Waals surface area contributed by atoms with Crippen LogP contribution in [-0.4, -0.2) is 37.0 Å². The number of hydrogen-bond acceptors (Lipinski definition) is 6. The molecule has 0 aromatic heterocycles. The van der Waals surface area contributed by atoms with Gasteiger partial charge in [0.25, 0.3) is 11.6 Å². The molecule has 10 heteroatoms. The molecule has 1 atom stereocenters. The number of carbonyl (C=O) groups excluding carboxylic acids is 2. The summed E-state index contributed by atoms with van der Waals surface area (Å²) in [6, 6.07) is 7.47. The van der Waals surface area contributed by atoms with Crippen LogP contribution >= 0.6 is 11.6 Å². The molecule has 28 heavy (non-hydrogen) atoms. The van der Waals surface area contributed by atoms with Gasteiger partial charge in [0.05, 0.1) is 15.5 Å². The van der Waals surface area contributed by atoms with Crippen LogP contribution in [0.25, 0.3) is 0 Å². The Balaban J connectivity index is 2.10. The van der Waals surface area contributed by atoms with Gasteiger partial charge in [-0.15, -0.1) is 0 Å². The second kappa shape index (κ2) is 8.66. The van der Waals surface area contributed by atoms with Crippen LogP contribution in [0.1, 0.15) is 17.3 Å². The molecule has 0 bridgehead atoms. The molecule has 0 aliphatic carbocycles. The number of ether oxygens (including phenoxy) is 1. The van der Waals surface area contributed by atoms with Gasteiger partial charge >= 0.3 is 5.97 Å². The number of carbonyl (C=O) groups is 2. The lowest BCUT2D eigenvalue weighted by atomic mass is 10.1. The van der Waals surface area contributed by atoms with Crippen molar-refractivity contribution >= 4 is 40.5 Å². The van der Waals surface area contributed by atoms with E-state index in [1.807, 2.05) is 0 Å². The zero-order valence-electron chi connectivity index (χ0n) is 15.2. The van der Waals surface area contributed by atoms with Gasteiger partial charge < -0.3 is 15.0 Å². The van der Waals surface area contributed by atoms with E-state index in [2.05, 4.69) is 5.32 Å². The van der Waals surface area contributed by atoms with E-state index in [0.717, 1.165) is 12.1 Å².